The molecule has 0 bridgehead atoms. The summed E-state index contributed by atoms with van der Waals surface area (Å²) in [4.78, 5) is 55.3. The number of likely N-dealkylation sites (N-methyl/N-ethyl adjacent to an activating group) is 2. The number of carbonyl (C=O) groups is 4. The van der Waals surface area contributed by atoms with E-state index in [4.69, 9.17) is 47.4 Å². The third-order valence-corrected chi connectivity index (χ3v) is 13.2. The van der Waals surface area contributed by atoms with Crippen molar-refractivity contribution in [3.8, 4) is 0 Å². The number of aliphatic hydroxyl groups is 1. The van der Waals surface area contributed by atoms with Crippen molar-refractivity contribution in [2.24, 2.45) is 17.8 Å². The lowest BCUT2D eigenvalue weighted by Gasteiger charge is -2.49. The van der Waals surface area contributed by atoms with Gasteiger partial charge < -0.3 is 62.2 Å². The van der Waals surface area contributed by atoms with Crippen LogP contribution in [-0.2, 0) is 61.8 Å². The molecule has 0 spiro atoms. The van der Waals surface area contributed by atoms with E-state index in [9.17, 15) is 24.3 Å². The predicted octanol–water partition coefficient (Wildman–Crippen LogP) is 3.88. The number of methoxy groups -OCH3 is 1. The molecule has 0 aromatic heterocycles. The van der Waals surface area contributed by atoms with E-state index in [0.717, 1.165) is 0 Å². The number of ether oxygens (including phenoxy) is 10. The van der Waals surface area contributed by atoms with Crippen LogP contribution in [0.1, 0.15) is 102 Å². The van der Waals surface area contributed by atoms with E-state index < -0.39 is 102 Å². The van der Waals surface area contributed by atoms with Crippen LogP contribution in [0.3, 0.4) is 0 Å². The van der Waals surface area contributed by atoms with Gasteiger partial charge in [0.1, 0.15) is 25.1 Å². The summed E-state index contributed by atoms with van der Waals surface area (Å²) in [5, 5.41) is 12.8. The topological polar surface area (TPSA) is 187 Å². The van der Waals surface area contributed by atoms with Gasteiger partial charge in [0, 0.05) is 39.0 Å². The molecule has 60 heavy (non-hydrogen) atoms. The van der Waals surface area contributed by atoms with E-state index in [0.29, 0.717) is 25.7 Å². The molecule has 346 valence electrons. The first-order valence-corrected chi connectivity index (χ1v) is 21.5. The Hall–Kier alpha value is -2.48. The fraction of sp³-hybridized carbons (Fsp3) is 0.907. The number of esters is 2. The minimum Gasteiger partial charge on any atom is -0.458 e. The van der Waals surface area contributed by atoms with Gasteiger partial charge in [-0.1, -0.05) is 20.8 Å². The van der Waals surface area contributed by atoms with Crippen LogP contribution in [0.15, 0.2) is 0 Å². The number of carbonyl (C=O) groups excluding carboxylic acids is 4. The third-order valence-electron chi connectivity index (χ3n) is 13.2. The number of aldehydes is 1. The molecule has 4 rings (SSSR count). The molecule has 0 amide bonds. The highest BCUT2D eigenvalue weighted by molar-refractivity contribution is 5.73. The highest BCUT2D eigenvalue weighted by Crippen LogP contribution is 2.42. The van der Waals surface area contributed by atoms with Crippen LogP contribution in [0.25, 0.3) is 0 Å². The Balaban J connectivity index is 1.87. The summed E-state index contributed by atoms with van der Waals surface area (Å²) in [7, 11) is 7.25. The Bertz CT molecular complexity index is 1470. The van der Waals surface area contributed by atoms with Gasteiger partial charge in [0.25, 0.3) is 0 Å². The van der Waals surface area contributed by atoms with E-state index >= 15 is 0 Å². The molecule has 0 saturated carbocycles. The number of nitrogens with zero attached hydrogens (tertiary/aromatic N) is 2. The maximum absolute atomic E-state index is 14.6. The fourth-order valence-corrected chi connectivity index (χ4v) is 10.1. The van der Waals surface area contributed by atoms with Crippen LogP contribution in [0.5, 0.6) is 0 Å². The van der Waals surface area contributed by atoms with Crippen LogP contribution in [0, 0.1) is 17.8 Å². The molecule has 17 heteroatoms. The summed E-state index contributed by atoms with van der Waals surface area (Å²) < 4.78 is 62.4. The van der Waals surface area contributed by atoms with Crippen LogP contribution in [0.2, 0.25) is 0 Å². The zero-order valence-electron chi connectivity index (χ0n) is 38.5. The Kier molecular flexibility index (Phi) is 17.0. The Morgan fingerprint density at radius 2 is 1.65 bits per heavy atom. The van der Waals surface area contributed by atoms with Crippen LogP contribution in [-0.4, -0.2) is 171 Å². The standard InChI is InChI=1S/C43H74N2O15/c1-16-31-43(11)36(59-40(49)60-43)27(6)45(14)22-23(2)20-41(9,50)35(58-39-34(55-29(8)47)30(44(12)13)19-24(3)53-39)25(4)33(26(5)38(48)56-31)57-32-21-42(10,51-15)37(28(7)54-32)52-18-17-46/h17,23-28,30-37,39,50H,16,18-22H2,1-15H3/t23-,24-,25+,26-,27-,28+,30+,31-,32+,33+,34-,35-,36?,37+,39+,41-,42-,43-/m1/s1. The average Bonchev–Trinajstić information content (AvgIpc) is 3.47. The molecular formula is C43H74N2O15. The molecule has 18 atom stereocenters. The minimum atomic E-state index is -1.61. The molecule has 0 aromatic rings. The number of hydrogen-bond donors (Lipinski definition) is 1. The first-order chi connectivity index (χ1) is 27.9. The first-order valence-electron chi connectivity index (χ1n) is 21.5. The van der Waals surface area contributed by atoms with Gasteiger partial charge in [-0.25, -0.2) is 4.79 Å². The van der Waals surface area contributed by atoms with Gasteiger partial charge in [-0.15, -0.1) is 0 Å². The van der Waals surface area contributed by atoms with E-state index in [1.165, 1.54) is 6.92 Å². The van der Waals surface area contributed by atoms with Crippen molar-refractivity contribution in [3.05, 3.63) is 0 Å². The van der Waals surface area contributed by atoms with Gasteiger partial charge >= 0.3 is 18.1 Å². The van der Waals surface area contributed by atoms with Crippen molar-refractivity contribution < 1.29 is 71.7 Å². The monoisotopic (exact) mass is 859 g/mol. The average molecular weight is 859 g/mol. The second-order valence-corrected chi connectivity index (χ2v) is 18.6. The van der Waals surface area contributed by atoms with Crippen molar-refractivity contribution in [2.75, 3.05) is 41.4 Å². The Morgan fingerprint density at radius 1 is 0.983 bits per heavy atom. The quantitative estimate of drug-likeness (QED) is 0.179. The SMILES string of the molecule is CC[C@H]1OC(=O)[C@H](C)[C@@H](O[C@H]2C[C@@](C)(OC)[C@@H](OCC=O)[C@H](C)O2)[C@H](C)[C@@H](O[C@@H]2O[C@H](C)C[C@H](N(C)C)[C@H]2OC(C)=O)[C@](C)(O)C[C@@H](C)CN(C)[C@H](C)C2OC(=O)O[C@@]21C. The molecule has 4 heterocycles. The van der Waals surface area contributed by atoms with Gasteiger partial charge in [0.15, 0.2) is 30.4 Å². The Labute approximate surface area is 356 Å². The molecule has 1 N–H and O–H groups in total. The summed E-state index contributed by atoms with van der Waals surface area (Å²) in [5.41, 5.74) is -3.91. The van der Waals surface area contributed by atoms with Gasteiger partial charge in [-0.3, -0.25) is 14.5 Å². The van der Waals surface area contributed by atoms with E-state index in [-0.39, 0.29) is 43.6 Å². The van der Waals surface area contributed by atoms with Crippen molar-refractivity contribution >= 4 is 24.4 Å². The molecule has 4 aliphatic heterocycles. The van der Waals surface area contributed by atoms with Crippen LogP contribution in [0.4, 0.5) is 4.79 Å². The van der Waals surface area contributed by atoms with E-state index in [1.54, 1.807) is 34.8 Å². The number of fused-ring (bicyclic) bond motifs is 1. The summed E-state index contributed by atoms with van der Waals surface area (Å²) in [6, 6.07) is -0.655. The number of rotatable bonds is 11. The molecule has 0 aromatic carbocycles. The third kappa shape index (κ3) is 11.2. The number of hydrogen-bond acceptors (Lipinski definition) is 17. The zero-order chi connectivity index (χ0) is 45.1. The smallest absolute Gasteiger partial charge is 0.458 e. The Morgan fingerprint density at radius 3 is 2.23 bits per heavy atom. The van der Waals surface area contributed by atoms with Gasteiger partial charge in [-0.05, 0) is 94.8 Å². The van der Waals surface area contributed by atoms with E-state index in [1.807, 2.05) is 72.5 Å². The fourth-order valence-electron chi connectivity index (χ4n) is 10.1. The molecule has 4 saturated heterocycles. The summed E-state index contributed by atoms with van der Waals surface area (Å²) in [6.45, 7) is 19.9. The van der Waals surface area contributed by atoms with Crippen molar-refractivity contribution in [2.45, 2.75) is 192 Å². The highest BCUT2D eigenvalue weighted by atomic mass is 16.8. The lowest BCUT2D eigenvalue weighted by Crippen LogP contribution is -2.61. The molecule has 1 unspecified atom stereocenters. The second kappa shape index (κ2) is 20.4. The molecule has 4 aliphatic rings. The van der Waals surface area contributed by atoms with Crippen molar-refractivity contribution in [1.82, 2.24) is 9.80 Å². The highest BCUT2D eigenvalue weighted by Gasteiger charge is 2.58. The lowest BCUT2D eigenvalue weighted by molar-refractivity contribution is -0.320. The zero-order valence-corrected chi connectivity index (χ0v) is 38.5. The van der Waals surface area contributed by atoms with Crippen molar-refractivity contribution in [3.63, 3.8) is 0 Å². The molecule has 4 fully saturated rings. The van der Waals surface area contributed by atoms with Crippen molar-refractivity contribution in [1.29, 1.82) is 0 Å². The maximum atomic E-state index is 14.6. The first kappa shape index (κ1) is 50.2. The van der Waals surface area contributed by atoms with Crippen LogP contribution >= 0.6 is 0 Å². The number of cyclic esters (lactones) is 1. The normalized spacial score (nSPS) is 45.0. The molecule has 17 nitrogen and oxygen atoms in total. The maximum Gasteiger partial charge on any atom is 0.509 e. The molecule has 0 aliphatic carbocycles. The van der Waals surface area contributed by atoms with Gasteiger partial charge in [-0.2, -0.15) is 0 Å². The predicted molar refractivity (Wildman–Crippen MR) is 217 cm³/mol. The molecular weight excluding hydrogens is 784 g/mol. The molecule has 0 radical (unpaired) electrons. The summed E-state index contributed by atoms with van der Waals surface area (Å²) >= 11 is 0. The summed E-state index contributed by atoms with van der Waals surface area (Å²) in [6.07, 6.45) is -7.26. The van der Waals surface area contributed by atoms with Gasteiger partial charge in [0.05, 0.1) is 47.6 Å². The lowest BCUT2D eigenvalue weighted by atomic mass is 9.77. The van der Waals surface area contributed by atoms with Gasteiger partial charge in [0.2, 0.25) is 0 Å². The second-order valence-electron chi connectivity index (χ2n) is 18.6. The minimum absolute atomic E-state index is 0.151. The van der Waals surface area contributed by atoms with Crippen LogP contribution < -0.4 is 0 Å². The van der Waals surface area contributed by atoms with E-state index in [2.05, 4.69) is 0 Å². The summed E-state index contributed by atoms with van der Waals surface area (Å²) in [5.74, 6) is -3.14. The largest absolute Gasteiger partial charge is 0.509 e.